The maximum Gasteiger partial charge on any atom is 0.340 e. The van der Waals surface area contributed by atoms with Crippen molar-refractivity contribution in [3.05, 3.63) is 112 Å². The van der Waals surface area contributed by atoms with Crippen LogP contribution >= 0.6 is 0 Å². The largest absolute Gasteiger partial charge is 0.484 e. The molecule has 0 saturated heterocycles. The first kappa shape index (κ1) is 27.4. The molecular weight excluding hydrogens is 492 g/mol. The highest BCUT2D eigenvalue weighted by Gasteiger charge is 2.38. The highest BCUT2D eigenvalue weighted by molar-refractivity contribution is 6.23. The summed E-state index contributed by atoms with van der Waals surface area (Å²) in [7, 11) is 1.30. The standard InChI is InChI=1S/C32H32N2O5/c1-20-11-14-26(17-21(20)2)34-23(4)30(32(37)38-5)28(31(34)36)18-24-12-15-27(16-13-24)39-19-29(35)33-22(3)25-9-7-6-8-10-25/h6-18,22H,19H2,1-5H3,(H,33,35)/b28-18-/t22-/m0/s1. The highest BCUT2D eigenvalue weighted by atomic mass is 16.5. The van der Waals surface area contributed by atoms with E-state index in [1.807, 2.05) is 69.3 Å². The summed E-state index contributed by atoms with van der Waals surface area (Å²) >= 11 is 0. The number of methoxy groups -OCH3 is 1. The molecule has 39 heavy (non-hydrogen) atoms. The van der Waals surface area contributed by atoms with Crippen molar-refractivity contribution in [2.24, 2.45) is 0 Å². The van der Waals surface area contributed by atoms with Gasteiger partial charge in [-0.1, -0.05) is 48.5 Å². The van der Waals surface area contributed by atoms with Gasteiger partial charge in [-0.3, -0.25) is 14.5 Å². The summed E-state index contributed by atoms with van der Waals surface area (Å²) in [5, 5.41) is 2.92. The second kappa shape index (κ2) is 11.8. The SMILES string of the molecule is COC(=O)C1=C(C)N(c2ccc(C)c(C)c2)C(=O)/C1=C\c1ccc(OCC(=O)N[C@@H](C)c2ccccc2)cc1. The molecule has 0 radical (unpaired) electrons. The van der Waals surface area contributed by atoms with Crippen molar-refractivity contribution < 1.29 is 23.9 Å². The predicted octanol–water partition coefficient (Wildman–Crippen LogP) is 5.44. The van der Waals surface area contributed by atoms with E-state index in [4.69, 9.17) is 9.47 Å². The molecular formula is C32H32N2O5. The van der Waals surface area contributed by atoms with Crippen molar-refractivity contribution in [2.45, 2.75) is 33.7 Å². The van der Waals surface area contributed by atoms with E-state index in [1.54, 1.807) is 37.3 Å². The van der Waals surface area contributed by atoms with Gasteiger partial charge in [0.15, 0.2) is 6.61 Å². The lowest BCUT2D eigenvalue weighted by molar-refractivity contribution is -0.136. The average Bonchev–Trinajstić information content (AvgIpc) is 3.18. The van der Waals surface area contributed by atoms with E-state index in [0.29, 0.717) is 22.7 Å². The van der Waals surface area contributed by atoms with Crippen molar-refractivity contribution in [3.8, 4) is 5.75 Å². The third-order valence-corrected chi connectivity index (χ3v) is 6.78. The summed E-state index contributed by atoms with van der Waals surface area (Å²) in [6, 6.07) is 22.3. The number of rotatable bonds is 8. The van der Waals surface area contributed by atoms with Gasteiger partial charge in [0.05, 0.1) is 24.3 Å². The molecule has 1 heterocycles. The van der Waals surface area contributed by atoms with E-state index in [9.17, 15) is 14.4 Å². The Morgan fingerprint density at radius 2 is 1.64 bits per heavy atom. The number of hydrogen-bond acceptors (Lipinski definition) is 5. The minimum absolute atomic E-state index is 0.130. The second-order valence-corrected chi connectivity index (χ2v) is 9.48. The van der Waals surface area contributed by atoms with Gasteiger partial charge in [-0.15, -0.1) is 0 Å². The number of ether oxygens (including phenoxy) is 2. The summed E-state index contributed by atoms with van der Waals surface area (Å²) in [5.41, 5.74) is 5.54. The minimum Gasteiger partial charge on any atom is -0.484 e. The van der Waals surface area contributed by atoms with Crippen molar-refractivity contribution in [3.63, 3.8) is 0 Å². The number of nitrogens with one attached hydrogen (secondary N) is 1. The van der Waals surface area contributed by atoms with Crippen LogP contribution in [-0.2, 0) is 19.1 Å². The van der Waals surface area contributed by atoms with Crippen LogP contribution in [0.15, 0.2) is 89.6 Å². The Morgan fingerprint density at radius 1 is 0.949 bits per heavy atom. The number of carbonyl (C=O) groups excluding carboxylic acids is 3. The number of amides is 2. The van der Waals surface area contributed by atoms with E-state index >= 15 is 0 Å². The molecule has 3 aromatic rings. The number of allylic oxidation sites excluding steroid dienone is 1. The molecule has 4 rings (SSSR count). The van der Waals surface area contributed by atoms with Crippen molar-refractivity contribution in [1.82, 2.24) is 5.32 Å². The minimum atomic E-state index is -0.575. The van der Waals surface area contributed by atoms with Gasteiger partial charge in [0, 0.05) is 11.4 Å². The molecule has 0 bridgehead atoms. The number of nitrogens with zero attached hydrogens (tertiary/aromatic N) is 1. The molecule has 0 aliphatic carbocycles. The van der Waals surface area contributed by atoms with Crippen LogP contribution < -0.4 is 15.0 Å². The van der Waals surface area contributed by atoms with E-state index < -0.39 is 5.97 Å². The van der Waals surface area contributed by atoms with Crippen LogP contribution in [0.25, 0.3) is 6.08 Å². The number of anilines is 1. The molecule has 1 atom stereocenters. The fourth-order valence-electron chi connectivity index (χ4n) is 4.44. The van der Waals surface area contributed by atoms with Crippen LogP contribution in [0.4, 0.5) is 5.69 Å². The number of esters is 1. The van der Waals surface area contributed by atoms with E-state index in [2.05, 4.69) is 5.32 Å². The molecule has 3 aromatic carbocycles. The summed E-state index contributed by atoms with van der Waals surface area (Å²) in [4.78, 5) is 40.1. The Hall–Kier alpha value is -4.65. The van der Waals surface area contributed by atoms with Gasteiger partial charge in [-0.2, -0.15) is 0 Å². The van der Waals surface area contributed by atoms with Gasteiger partial charge in [0.25, 0.3) is 11.8 Å². The first-order valence-corrected chi connectivity index (χ1v) is 12.7. The maximum atomic E-state index is 13.5. The number of aryl methyl sites for hydroxylation is 2. The first-order valence-electron chi connectivity index (χ1n) is 12.7. The molecule has 2 amide bonds. The predicted molar refractivity (Wildman–Crippen MR) is 151 cm³/mol. The van der Waals surface area contributed by atoms with Gasteiger partial charge < -0.3 is 14.8 Å². The van der Waals surface area contributed by atoms with E-state index in [-0.39, 0.29) is 35.6 Å². The Labute approximate surface area is 228 Å². The zero-order valence-electron chi connectivity index (χ0n) is 22.8. The number of hydrogen-bond donors (Lipinski definition) is 1. The fourth-order valence-corrected chi connectivity index (χ4v) is 4.44. The first-order chi connectivity index (χ1) is 18.7. The quantitative estimate of drug-likeness (QED) is 0.314. The molecule has 7 heteroatoms. The van der Waals surface area contributed by atoms with Crippen LogP contribution in [0.2, 0.25) is 0 Å². The molecule has 200 valence electrons. The zero-order valence-corrected chi connectivity index (χ0v) is 22.8. The molecule has 0 saturated carbocycles. The van der Waals surface area contributed by atoms with Crippen molar-refractivity contribution in [1.29, 1.82) is 0 Å². The van der Waals surface area contributed by atoms with Crippen LogP contribution in [0, 0.1) is 13.8 Å². The lowest BCUT2D eigenvalue weighted by atomic mass is 10.0. The zero-order chi connectivity index (χ0) is 28.1. The summed E-state index contributed by atoms with van der Waals surface area (Å²) < 4.78 is 10.7. The lowest BCUT2D eigenvalue weighted by Crippen LogP contribution is -2.31. The average molecular weight is 525 g/mol. The third kappa shape index (κ3) is 6.09. The van der Waals surface area contributed by atoms with Gasteiger partial charge in [0.1, 0.15) is 5.75 Å². The molecule has 0 unspecified atom stereocenters. The molecule has 0 fully saturated rings. The second-order valence-electron chi connectivity index (χ2n) is 9.48. The molecule has 1 aliphatic rings. The van der Waals surface area contributed by atoms with Crippen LogP contribution in [0.5, 0.6) is 5.75 Å². The fraction of sp³-hybridized carbons (Fsp3) is 0.219. The summed E-state index contributed by atoms with van der Waals surface area (Å²) in [6.07, 6.45) is 1.66. The lowest BCUT2D eigenvalue weighted by Gasteiger charge is -2.19. The van der Waals surface area contributed by atoms with Crippen molar-refractivity contribution >= 4 is 29.5 Å². The Balaban J connectivity index is 1.49. The molecule has 7 nitrogen and oxygen atoms in total. The number of benzene rings is 3. The monoisotopic (exact) mass is 524 g/mol. The highest BCUT2D eigenvalue weighted by Crippen LogP contribution is 2.36. The Bertz CT molecular complexity index is 1460. The molecule has 0 aromatic heterocycles. The van der Waals surface area contributed by atoms with Crippen molar-refractivity contribution in [2.75, 3.05) is 18.6 Å². The Morgan fingerprint density at radius 3 is 2.28 bits per heavy atom. The molecule has 1 aliphatic heterocycles. The van der Waals surface area contributed by atoms with Crippen LogP contribution in [-0.4, -0.2) is 31.5 Å². The summed E-state index contributed by atoms with van der Waals surface area (Å²) in [5.74, 6) is -0.604. The van der Waals surface area contributed by atoms with Crippen LogP contribution in [0.3, 0.4) is 0 Å². The summed E-state index contributed by atoms with van der Waals surface area (Å²) in [6.45, 7) is 7.51. The normalized spacial score (nSPS) is 14.9. The van der Waals surface area contributed by atoms with Gasteiger partial charge in [-0.05, 0) is 80.3 Å². The third-order valence-electron chi connectivity index (χ3n) is 6.78. The van der Waals surface area contributed by atoms with E-state index in [0.717, 1.165) is 16.7 Å². The smallest absolute Gasteiger partial charge is 0.340 e. The van der Waals surface area contributed by atoms with Crippen LogP contribution in [0.1, 0.15) is 42.1 Å². The van der Waals surface area contributed by atoms with Gasteiger partial charge >= 0.3 is 5.97 Å². The van der Waals surface area contributed by atoms with E-state index in [1.165, 1.54) is 12.0 Å². The maximum absolute atomic E-state index is 13.5. The van der Waals surface area contributed by atoms with Gasteiger partial charge in [-0.25, -0.2) is 4.79 Å². The molecule has 0 spiro atoms. The molecule has 1 N–H and O–H groups in total. The topological polar surface area (TPSA) is 84.9 Å². The Kier molecular flexibility index (Phi) is 8.30. The van der Waals surface area contributed by atoms with Gasteiger partial charge in [0.2, 0.25) is 0 Å². The number of carbonyl (C=O) groups is 3.